The van der Waals surface area contributed by atoms with Gasteiger partial charge in [-0.05, 0) is 38.1 Å². The molecule has 0 spiro atoms. The van der Waals surface area contributed by atoms with Crippen molar-refractivity contribution >= 4 is 27.9 Å². The van der Waals surface area contributed by atoms with E-state index >= 15 is 0 Å². The molecule has 1 atom stereocenters. The van der Waals surface area contributed by atoms with Crippen molar-refractivity contribution in [3.63, 3.8) is 0 Å². The molecule has 0 saturated carbocycles. The largest absolute Gasteiger partial charge is 0.360 e. The van der Waals surface area contributed by atoms with Crippen LogP contribution in [0.3, 0.4) is 0 Å². The van der Waals surface area contributed by atoms with Gasteiger partial charge in [0.25, 0.3) is 0 Å². The Hall–Kier alpha value is -3.81. The summed E-state index contributed by atoms with van der Waals surface area (Å²) in [6, 6.07) is 10.2. The molecule has 0 aliphatic carbocycles. The first-order valence-corrected chi connectivity index (χ1v) is 9.01. The van der Waals surface area contributed by atoms with Crippen molar-refractivity contribution in [3.05, 3.63) is 66.6 Å². The van der Waals surface area contributed by atoms with Crippen LogP contribution in [-0.2, 0) is 0 Å². The second-order valence-corrected chi connectivity index (χ2v) is 6.72. The summed E-state index contributed by atoms with van der Waals surface area (Å²) in [5, 5.41) is 9.46. The summed E-state index contributed by atoms with van der Waals surface area (Å²) in [6.07, 6.45) is 6.70. The van der Waals surface area contributed by atoms with Gasteiger partial charge < -0.3 is 10.3 Å². The predicted molar refractivity (Wildman–Crippen MR) is 107 cm³/mol. The molecule has 2 N–H and O–H groups in total. The average Bonchev–Trinajstić information content (AvgIpc) is 3.33. The molecule has 4 aromatic heterocycles. The maximum atomic E-state index is 4.91. The topological polar surface area (TPSA) is 97.2 Å². The minimum absolute atomic E-state index is 0.0800. The van der Waals surface area contributed by atoms with Crippen molar-refractivity contribution < 1.29 is 0 Å². The zero-order valence-electron chi connectivity index (χ0n) is 15.5. The van der Waals surface area contributed by atoms with Gasteiger partial charge in [0.15, 0.2) is 11.5 Å². The van der Waals surface area contributed by atoms with Crippen molar-refractivity contribution in [2.24, 2.45) is 0 Å². The summed E-state index contributed by atoms with van der Waals surface area (Å²) < 4.78 is 1.93. The normalized spacial score (nSPS) is 12.5. The molecular formula is C20H18N8. The number of pyridine rings is 1. The van der Waals surface area contributed by atoms with Crippen LogP contribution in [0, 0.1) is 6.92 Å². The molecule has 138 valence electrons. The second-order valence-electron chi connectivity index (χ2n) is 6.72. The van der Waals surface area contributed by atoms with Crippen molar-refractivity contribution in [2.75, 3.05) is 5.32 Å². The lowest BCUT2D eigenvalue weighted by Gasteiger charge is -2.13. The van der Waals surface area contributed by atoms with Gasteiger partial charge in [0.2, 0.25) is 0 Å². The van der Waals surface area contributed by atoms with Crippen LogP contribution in [0.1, 0.15) is 24.2 Å². The fourth-order valence-electron chi connectivity index (χ4n) is 3.40. The van der Waals surface area contributed by atoms with E-state index in [1.807, 2.05) is 23.0 Å². The van der Waals surface area contributed by atoms with Gasteiger partial charge in [0, 0.05) is 11.6 Å². The number of fused-ring (bicyclic) bond motifs is 2. The molecule has 0 saturated heterocycles. The smallest absolute Gasteiger partial charge is 0.182 e. The fourth-order valence-corrected chi connectivity index (χ4v) is 3.40. The summed E-state index contributed by atoms with van der Waals surface area (Å²) in [6.45, 7) is 4.16. The van der Waals surface area contributed by atoms with Gasteiger partial charge in [-0.25, -0.2) is 19.6 Å². The predicted octanol–water partition coefficient (Wildman–Crippen LogP) is 3.57. The number of imidazole rings is 1. The number of anilines is 1. The molecule has 0 aliphatic heterocycles. The Morgan fingerprint density at radius 1 is 1.14 bits per heavy atom. The Bertz CT molecular complexity index is 1270. The van der Waals surface area contributed by atoms with E-state index < -0.39 is 0 Å². The molecule has 28 heavy (non-hydrogen) atoms. The van der Waals surface area contributed by atoms with Crippen LogP contribution in [-0.4, -0.2) is 34.7 Å². The maximum absolute atomic E-state index is 4.91. The zero-order valence-corrected chi connectivity index (χ0v) is 15.5. The molecule has 0 unspecified atom stereocenters. The van der Waals surface area contributed by atoms with Crippen LogP contribution >= 0.6 is 0 Å². The van der Waals surface area contributed by atoms with Gasteiger partial charge in [-0.3, -0.25) is 4.98 Å². The van der Waals surface area contributed by atoms with E-state index in [1.165, 1.54) is 11.9 Å². The van der Waals surface area contributed by atoms with Gasteiger partial charge in [0.05, 0.1) is 35.5 Å². The molecule has 0 amide bonds. The number of rotatable bonds is 4. The lowest BCUT2D eigenvalue weighted by molar-refractivity contribution is 0.784. The van der Waals surface area contributed by atoms with Crippen LogP contribution in [0.5, 0.6) is 0 Å². The van der Waals surface area contributed by atoms with E-state index in [1.54, 1.807) is 12.5 Å². The molecule has 5 rings (SSSR count). The molecule has 5 aromatic rings. The summed E-state index contributed by atoms with van der Waals surface area (Å²) >= 11 is 0. The molecule has 0 aliphatic rings. The van der Waals surface area contributed by atoms with Gasteiger partial charge in [-0.2, -0.15) is 5.10 Å². The van der Waals surface area contributed by atoms with Gasteiger partial charge in [0.1, 0.15) is 11.8 Å². The number of nitrogens with zero attached hydrogens (tertiary/aromatic N) is 6. The Morgan fingerprint density at radius 3 is 2.93 bits per heavy atom. The number of benzene rings is 1. The monoisotopic (exact) mass is 370 g/mol. The number of hydrogen-bond acceptors (Lipinski definition) is 6. The summed E-state index contributed by atoms with van der Waals surface area (Å²) in [5.41, 5.74) is 5.50. The molecule has 0 bridgehead atoms. The van der Waals surface area contributed by atoms with Crippen molar-refractivity contribution in [2.45, 2.75) is 19.9 Å². The summed E-state index contributed by atoms with van der Waals surface area (Å²) in [4.78, 5) is 20.0. The number of hydrogen-bond donors (Lipinski definition) is 2. The lowest BCUT2D eigenvalue weighted by Crippen LogP contribution is -2.10. The minimum atomic E-state index is -0.0800. The Balaban J connectivity index is 1.62. The Morgan fingerprint density at radius 2 is 2.07 bits per heavy atom. The Labute approximate surface area is 160 Å². The summed E-state index contributed by atoms with van der Waals surface area (Å²) in [5.74, 6) is 0.701. The van der Waals surface area contributed by atoms with E-state index in [9.17, 15) is 0 Å². The van der Waals surface area contributed by atoms with Crippen molar-refractivity contribution in [3.8, 4) is 5.69 Å². The quantitative estimate of drug-likeness (QED) is 0.502. The van der Waals surface area contributed by atoms with Crippen LogP contribution < -0.4 is 5.32 Å². The molecule has 4 heterocycles. The zero-order chi connectivity index (χ0) is 19.1. The van der Waals surface area contributed by atoms with Crippen LogP contribution in [0.4, 0.5) is 5.82 Å². The average molecular weight is 370 g/mol. The first-order chi connectivity index (χ1) is 13.7. The van der Waals surface area contributed by atoms with Crippen molar-refractivity contribution in [1.29, 1.82) is 0 Å². The third kappa shape index (κ3) is 2.66. The maximum Gasteiger partial charge on any atom is 0.182 e. The Kier molecular flexibility index (Phi) is 3.75. The number of nitrogens with one attached hydrogen (secondary N) is 2. The molecule has 8 heteroatoms. The highest BCUT2D eigenvalue weighted by Gasteiger charge is 2.19. The molecule has 8 nitrogen and oxygen atoms in total. The fraction of sp³-hybridized carbons (Fsp3) is 0.150. The van der Waals surface area contributed by atoms with Gasteiger partial charge in [-0.1, -0.05) is 11.6 Å². The molecular weight excluding hydrogens is 352 g/mol. The van der Waals surface area contributed by atoms with E-state index in [0.29, 0.717) is 11.5 Å². The third-order valence-corrected chi connectivity index (χ3v) is 4.74. The minimum Gasteiger partial charge on any atom is -0.360 e. The number of aryl methyl sites for hydroxylation is 1. The first kappa shape index (κ1) is 16.4. The third-order valence-electron chi connectivity index (χ3n) is 4.74. The van der Waals surface area contributed by atoms with Gasteiger partial charge >= 0.3 is 0 Å². The van der Waals surface area contributed by atoms with E-state index in [0.717, 1.165) is 27.8 Å². The van der Waals surface area contributed by atoms with Crippen LogP contribution in [0.15, 0.2) is 55.4 Å². The molecule has 0 fully saturated rings. The van der Waals surface area contributed by atoms with Crippen LogP contribution in [0.25, 0.3) is 27.8 Å². The van der Waals surface area contributed by atoms with Gasteiger partial charge in [-0.15, -0.1) is 0 Å². The highest BCUT2D eigenvalue weighted by molar-refractivity contribution is 5.86. The molecule has 1 aromatic carbocycles. The van der Waals surface area contributed by atoms with Crippen LogP contribution in [0.2, 0.25) is 0 Å². The van der Waals surface area contributed by atoms with E-state index in [-0.39, 0.29) is 6.04 Å². The highest BCUT2D eigenvalue weighted by Crippen LogP contribution is 2.29. The lowest BCUT2D eigenvalue weighted by atomic mass is 10.1. The first-order valence-electron chi connectivity index (χ1n) is 9.01. The second kappa shape index (κ2) is 6.41. The number of aromatic nitrogens is 7. The highest BCUT2D eigenvalue weighted by atomic mass is 15.3. The molecule has 0 radical (unpaired) electrons. The standard InChI is InChI=1S/C20H18N8/c1-12-5-6-16-15(8-12)17(27-28(16)14-4-3-7-21-9-14)13(2)26-20-18-19(23-10-22-18)24-11-25-20/h3-11,13H,1-2H3,(H2,22,23,24,25,26)/t13-/m0/s1. The number of aromatic amines is 1. The number of H-pyrrole nitrogens is 1. The van der Waals surface area contributed by atoms with E-state index in [2.05, 4.69) is 62.3 Å². The summed E-state index contributed by atoms with van der Waals surface area (Å²) in [7, 11) is 0. The van der Waals surface area contributed by atoms with Crippen molar-refractivity contribution in [1.82, 2.24) is 34.7 Å². The SMILES string of the molecule is Cc1ccc2c(c1)c([C@H](C)Nc1ncnc3nc[nH]c13)nn2-c1cccnc1. The van der Waals surface area contributed by atoms with E-state index in [4.69, 9.17) is 5.10 Å².